The van der Waals surface area contributed by atoms with Gasteiger partial charge in [-0.25, -0.2) is 0 Å². The summed E-state index contributed by atoms with van der Waals surface area (Å²) in [6.07, 6.45) is -4.69. The molecule has 1 unspecified atom stereocenters. The molecule has 5 nitrogen and oxygen atoms in total. The van der Waals surface area contributed by atoms with Crippen LogP contribution < -0.4 is 0 Å². The highest BCUT2D eigenvalue weighted by Crippen LogP contribution is 2.39. The number of halogens is 3. The molecule has 0 aliphatic rings. The second-order valence-corrected chi connectivity index (χ2v) is 6.75. The Hall–Kier alpha value is -1.66. The first-order valence-electron chi connectivity index (χ1n) is 5.45. The van der Waals surface area contributed by atoms with Gasteiger partial charge in [0.05, 0.1) is 0 Å². The fraction of sp³-hybridized carbons (Fsp3) is 0.273. The molecule has 9 heteroatoms. The van der Waals surface area contributed by atoms with Gasteiger partial charge in [0.25, 0.3) is 0 Å². The van der Waals surface area contributed by atoms with Gasteiger partial charge in [-0.1, -0.05) is 29.4 Å². The molecule has 0 saturated carbocycles. The molecule has 0 fully saturated rings. The third-order valence-electron chi connectivity index (χ3n) is 2.36. The van der Waals surface area contributed by atoms with E-state index in [0.29, 0.717) is 11.1 Å². The zero-order valence-corrected chi connectivity index (χ0v) is 11.2. The molecule has 0 amide bonds. The number of hydrogen-bond acceptors (Lipinski definition) is 4. The van der Waals surface area contributed by atoms with Gasteiger partial charge in [-0.05, 0) is 5.56 Å². The largest absolute Gasteiger partial charge is 0.471 e. The molecule has 2 aromatic rings. The molecule has 1 N–H and O–H groups in total. The first-order chi connectivity index (χ1) is 9.15. The van der Waals surface area contributed by atoms with Crippen molar-refractivity contribution in [2.24, 2.45) is 0 Å². The van der Waals surface area contributed by atoms with Crippen LogP contribution in [0.3, 0.4) is 0 Å². The molecule has 20 heavy (non-hydrogen) atoms. The highest BCUT2D eigenvalue weighted by atomic mass is 31.2. The first kappa shape index (κ1) is 14.7. The van der Waals surface area contributed by atoms with E-state index in [0.717, 1.165) is 0 Å². The summed E-state index contributed by atoms with van der Waals surface area (Å²) in [6, 6.07) is 6.00. The average Bonchev–Trinajstić information content (AvgIpc) is 2.76. The third kappa shape index (κ3) is 3.68. The van der Waals surface area contributed by atoms with E-state index in [1.54, 1.807) is 0 Å². The van der Waals surface area contributed by atoms with Crippen LogP contribution in [0.15, 0.2) is 28.8 Å². The molecule has 0 radical (unpaired) electrons. The SMILES string of the molecule is CP(=O)(O)Cc1ccc(-c2noc(C(F)(F)F)n2)cc1. The second kappa shape index (κ2) is 5.03. The van der Waals surface area contributed by atoms with Gasteiger partial charge in [-0.2, -0.15) is 18.2 Å². The molecule has 0 aliphatic carbocycles. The minimum atomic E-state index is -4.68. The van der Waals surface area contributed by atoms with Crippen LogP contribution in [0.2, 0.25) is 0 Å². The van der Waals surface area contributed by atoms with Gasteiger partial charge in [0, 0.05) is 18.4 Å². The van der Waals surface area contributed by atoms with E-state index < -0.39 is 19.4 Å². The minimum Gasteiger partial charge on any atom is -0.344 e. The van der Waals surface area contributed by atoms with Gasteiger partial charge in [0.2, 0.25) is 13.2 Å². The summed E-state index contributed by atoms with van der Waals surface area (Å²) in [7, 11) is -3.19. The summed E-state index contributed by atoms with van der Waals surface area (Å²) >= 11 is 0. The van der Waals surface area contributed by atoms with Crippen molar-refractivity contribution < 1.29 is 27.2 Å². The Balaban J connectivity index is 2.22. The standard InChI is InChI=1S/C11H10F3N2O3P/c1-20(17,18)6-7-2-4-8(5-3-7)9-15-10(19-16-9)11(12,13)14/h2-5H,6H2,1H3,(H,17,18). The number of aromatic nitrogens is 2. The monoisotopic (exact) mass is 306 g/mol. The smallest absolute Gasteiger partial charge is 0.344 e. The molecule has 0 spiro atoms. The van der Waals surface area contributed by atoms with Gasteiger partial charge in [-0.3, -0.25) is 4.57 Å². The molecular formula is C11H10F3N2O3P. The van der Waals surface area contributed by atoms with Crippen molar-refractivity contribution in [1.82, 2.24) is 10.1 Å². The highest BCUT2D eigenvalue weighted by molar-refractivity contribution is 7.56. The molecule has 1 heterocycles. The number of hydrogen-bond donors (Lipinski definition) is 1. The predicted octanol–water partition coefficient (Wildman–Crippen LogP) is 3.16. The molecule has 2 rings (SSSR count). The van der Waals surface area contributed by atoms with Crippen LogP contribution in [0.4, 0.5) is 13.2 Å². The number of alkyl halides is 3. The van der Waals surface area contributed by atoms with Crippen molar-refractivity contribution in [3.63, 3.8) is 0 Å². The minimum absolute atomic E-state index is 0.00662. The number of nitrogens with zero attached hydrogens (tertiary/aromatic N) is 2. The lowest BCUT2D eigenvalue weighted by Crippen LogP contribution is -2.04. The van der Waals surface area contributed by atoms with Crippen molar-refractivity contribution in [3.05, 3.63) is 35.7 Å². The maximum atomic E-state index is 12.3. The molecule has 108 valence electrons. The Morgan fingerprint density at radius 3 is 2.35 bits per heavy atom. The van der Waals surface area contributed by atoms with Crippen LogP contribution in [0.25, 0.3) is 11.4 Å². The van der Waals surface area contributed by atoms with Crippen LogP contribution in [-0.4, -0.2) is 21.7 Å². The predicted molar refractivity (Wildman–Crippen MR) is 64.2 cm³/mol. The summed E-state index contributed by atoms with van der Waals surface area (Å²) in [5.74, 6) is -1.60. The Kier molecular flexibility index (Phi) is 3.71. The quantitative estimate of drug-likeness (QED) is 0.881. The number of rotatable bonds is 3. The summed E-state index contributed by atoms with van der Waals surface area (Å²) in [6.45, 7) is 1.23. The first-order valence-corrected chi connectivity index (χ1v) is 7.74. The maximum Gasteiger partial charge on any atom is 0.471 e. The summed E-state index contributed by atoms with van der Waals surface area (Å²) in [5, 5.41) is 3.25. The fourth-order valence-corrected chi connectivity index (χ4v) is 2.44. The Morgan fingerprint density at radius 1 is 1.30 bits per heavy atom. The Bertz CT molecular complexity index is 646. The molecule has 0 aliphatic heterocycles. The molecule has 1 atom stereocenters. The van der Waals surface area contributed by atoms with E-state index >= 15 is 0 Å². The van der Waals surface area contributed by atoms with Crippen molar-refractivity contribution in [3.8, 4) is 11.4 Å². The van der Waals surface area contributed by atoms with Crippen molar-refractivity contribution in [2.75, 3.05) is 6.66 Å². The summed E-state index contributed by atoms with van der Waals surface area (Å²) < 4.78 is 52.3. The second-order valence-electron chi connectivity index (χ2n) is 4.33. The highest BCUT2D eigenvalue weighted by Gasteiger charge is 2.38. The zero-order chi connectivity index (χ0) is 15.0. The molecule has 1 aromatic heterocycles. The van der Waals surface area contributed by atoms with Crippen molar-refractivity contribution in [1.29, 1.82) is 0 Å². The maximum absolute atomic E-state index is 12.3. The third-order valence-corrected chi connectivity index (χ3v) is 3.31. The topological polar surface area (TPSA) is 76.2 Å². The van der Waals surface area contributed by atoms with Gasteiger partial charge in [0.15, 0.2) is 0 Å². The van der Waals surface area contributed by atoms with E-state index in [-0.39, 0.29) is 12.0 Å². The summed E-state index contributed by atoms with van der Waals surface area (Å²) in [4.78, 5) is 12.5. The van der Waals surface area contributed by atoms with Crippen molar-refractivity contribution in [2.45, 2.75) is 12.3 Å². The van der Waals surface area contributed by atoms with Crippen molar-refractivity contribution >= 4 is 7.37 Å². The average molecular weight is 306 g/mol. The van der Waals surface area contributed by atoms with Crippen LogP contribution in [0, 0.1) is 0 Å². The summed E-state index contributed by atoms with van der Waals surface area (Å²) in [5.41, 5.74) is 0.929. The zero-order valence-electron chi connectivity index (χ0n) is 10.3. The van der Waals surface area contributed by atoms with Crippen LogP contribution in [-0.2, 0) is 16.9 Å². The molecular weight excluding hydrogens is 296 g/mol. The van der Waals surface area contributed by atoms with Gasteiger partial charge in [-0.15, -0.1) is 0 Å². The lowest BCUT2D eigenvalue weighted by Gasteiger charge is -2.05. The van der Waals surface area contributed by atoms with E-state index in [1.165, 1.54) is 30.9 Å². The molecule has 0 saturated heterocycles. The Morgan fingerprint density at radius 2 is 1.90 bits per heavy atom. The lowest BCUT2D eigenvalue weighted by atomic mass is 10.1. The van der Waals surface area contributed by atoms with E-state index in [1.807, 2.05) is 0 Å². The van der Waals surface area contributed by atoms with Crippen LogP contribution in [0.5, 0.6) is 0 Å². The van der Waals surface area contributed by atoms with Gasteiger partial charge < -0.3 is 9.42 Å². The van der Waals surface area contributed by atoms with Crippen LogP contribution >= 0.6 is 7.37 Å². The molecule has 1 aromatic carbocycles. The Labute approximate surface area is 111 Å². The van der Waals surface area contributed by atoms with E-state index in [4.69, 9.17) is 0 Å². The van der Waals surface area contributed by atoms with E-state index in [9.17, 15) is 22.6 Å². The van der Waals surface area contributed by atoms with Crippen LogP contribution in [0.1, 0.15) is 11.5 Å². The van der Waals surface area contributed by atoms with Gasteiger partial charge >= 0.3 is 12.1 Å². The fourth-order valence-electron chi connectivity index (χ4n) is 1.55. The lowest BCUT2D eigenvalue weighted by molar-refractivity contribution is -0.159. The van der Waals surface area contributed by atoms with E-state index in [2.05, 4.69) is 14.7 Å². The normalized spacial score (nSPS) is 15.1. The van der Waals surface area contributed by atoms with Gasteiger partial charge in [0.1, 0.15) is 0 Å². The number of benzene rings is 1. The molecule has 0 bridgehead atoms.